The van der Waals surface area contributed by atoms with Crippen LogP contribution in [0.4, 0.5) is 0 Å². The fourth-order valence-electron chi connectivity index (χ4n) is 5.61. The first-order valence-electron chi connectivity index (χ1n) is 21.9. The summed E-state index contributed by atoms with van der Waals surface area (Å²) in [5.74, 6) is -5.44. The number of amides is 7. The Morgan fingerprint density at radius 3 is 1.64 bits per heavy atom. The average Bonchev–Trinajstić information content (AvgIpc) is 3.24. The largest absolute Gasteiger partial charge is 0.481 e. The molecule has 24 heteroatoms. The van der Waals surface area contributed by atoms with Crippen molar-refractivity contribution in [1.29, 1.82) is 0 Å². The molecule has 0 fully saturated rings. The zero-order valence-electron chi connectivity index (χ0n) is 37.3. The zero-order chi connectivity index (χ0) is 47.8. The molecule has 0 aliphatic heterocycles. The molecule has 0 aromatic rings. The number of nitrogens with zero attached hydrogens (tertiary/aromatic N) is 1. The van der Waals surface area contributed by atoms with Crippen LogP contribution in [-0.2, 0) is 52.6 Å². The standard InChI is InChI=1S/C40H74N10O13S/c1-29(52)46-26-34(54)48-30(13-10-15-45-40(41)42)37(58)47-27-35(55)49-31(25-36(56)57)39(60)50-32(28-51)38(59)44-17-12-19-62-21-23-63-22-20-61-18-11-16-43-33(53)14-8-6-4-2-3-5-7-9-24-64/h30-32,51,64H,2-28H2,1H3,(H,43,53)(H,44,59)(H,46,52)(H,47,58)(H,48,54)(H,49,55)(H,50,60)(H,56,57)(H4,41,42,45)/t30-,31-,32-/m0/s1. The van der Waals surface area contributed by atoms with Crippen LogP contribution in [-0.4, -0.2) is 166 Å². The molecule has 0 aromatic heterocycles. The van der Waals surface area contributed by atoms with Gasteiger partial charge in [0.15, 0.2) is 5.96 Å². The van der Waals surface area contributed by atoms with Crippen molar-refractivity contribution in [3.63, 3.8) is 0 Å². The fourth-order valence-corrected chi connectivity index (χ4v) is 5.83. The van der Waals surface area contributed by atoms with Crippen LogP contribution in [0.2, 0.25) is 0 Å². The molecule has 0 unspecified atom stereocenters. The highest BCUT2D eigenvalue weighted by atomic mass is 32.1. The molecule has 0 aromatic carbocycles. The summed E-state index contributed by atoms with van der Waals surface area (Å²) < 4.78 is 16.5. The van der Waals surface area contributed by atoms with E-state index in [0.717, 1.165) is 18.6 Å². The molecule has 0 radical (unpaired) electrons. The van der Waals surface area contributed by atoms with Crippen LogP contribution in [0, 0.1) is 0 Å². The van der Waals surface area contributed by atoms with E-state index in [1.54, 1.807) is 0 Å². The van der Waals surface area contributed by atoms with E-state index in [1.165, 1.54) is 45.4 Å². The summed E-state index contributed by atoms with van der Waals surface area (Å²) in [6.45, 7) is 2.17. The first-order chi connectivity index (χ1) is 30.7. The van der Waals surface area contributed by atoms with Gasteiger partial charge in [-0.3, -0.25) is 43.3 Å². The third kappa shape index (κ3) is 35.7. The molecule has 0 spiro atoms. The Morgan fingerprint density at radius 1 is 0.578 bits per heavy atom. The summed E-state index contributed by atoms with van der Waals surface area (Å²) in [4.78, 5) is 102. The van der Waals surface area contributed by atoms with Crippen molar-refractivity contribution in [3.8, 4) is 0 Å². The highest BCUT2D eigenvalue weighted by molar-refractivity contribution is 7.80. The number of hydrogen-bond donors (Lipinski definition) is 12. The molecule has 0 aliphatic carbocycles. The summed E-state index contributed by atoms with van der Waals surface area (Å²) >= 11 is 4.23. The van der Waals surface area contributed by atoms with E-state index in [0.29, 0.717) is 58.8 Å². The molecule has 0 saturated heterocycles. The molecule has 0 bridgehead atoms. The van der Waals surface area contributed by atoms with Crippen molar-refractivity contribution in [1.82, 2.24) is 37.2 Å². The predicted molar refractivity (Wildman–Crippen MR) is 240 cm³/mol. The minimum Gasteiger partial charge on any atom is -0.481 e. The fraction of sp³-hybridized carbons (Fsp3) is 0.775. The van der Waals surface area contributed by atoms with Gasteiger partial charge in [0, 0.05) is 46.2 Å². The molecule has 368 valence electrons. The maximum atomic E-state index is 12.9. The summed E-state index contributed by atoms with van der Waals surface area (Å²) in [7, 11) is 0. The highest BCUT2D eigenvalue weighted by Crippen LogP contribution is 2.10. The van der Waals surface area contributed by atoms with Crippen LogP contribution >= 0.6 is 12.6 Å². The van der Waals surface area contributed by atoms with Gasteiger partial charge in [-0.05, 0) is 44.3 Å². The molecule has 3 atom stereocenters. The summed E-state index contributed by atoms with van der Waals surface area (Å²) in [6.07, 6.45) is 10.3. The Kier molecular flexibility index (Phi) is 36.8. The van der Waals surface area contributed by atoms with Gasteiger partial charge in [0.05, 0.1) is 52.5 Å². The lowest BCUT2D eigenvalue weighted by Crippen LogP contribution is -2.57. The van der Waals surface area contributed by atoms with E-state index < -0.39 is 85.7 Å². The number of carboxylic acids is 1. The maximum Gasteiger partial charge on any atom is 0.305 e. The van der Waals surface area contributed by atoms with Gasteiger partial charge in [0.25, 0.3) is 0 Å². The summed E-state index contributed by atoms with van der Waals surface area (Å²) in [5.41, 5.74) is 10.6. The number of aliphatic carboxylic acids is 1. The second kappa shape index (κ2) is 39.8. The number of carbonyl (C=O) groups is 8. The normalized spacial score (nSPS) is 12.2. The molecule has 23 nitrogen and oxygen atoms in total. The van der Waals surface area contributed by atoms with E-state index in [2.05, 4.69) is 54.8 Å². The van der Waals surface area contributed by atoms with Gasteiger partial charge in [0.2, 0.25) is 41.4 Å². The number of nitrogens with two attached hydrogens (primary N) is 2. The van der Waals surface area contributed by atoms with Crippen molar-refractivity contribution in [2.24, 2.45) is 16.5 Å². The topological polar surface area (TPSA) is 353 Å². The smallest absolute Gasteiger partial charge is 0.305 e. The maximum absolute atomic E-state index is 12.9. The van der Waals surface area contributed by atoms with Gasteiger partial charge in [-0.2, -0.15) is 12.6 Å². The van der Waals surface area contributed by atoms with Gasteiger partial charge in [-0.1, -0.05) is 38.5 Å². The Bertz CT molecular complexity index is 1410. The molecular weight excluding hydrogens is 861 g/mol. The van der Waals surface area contributed by atoms with Crippen LogP contribution < -0.4 is 48.7 Å². The minimum absolute atomic E-state index is 0.0353. The van der Waals surface area contributed by atoms with E-state index in [-0.39, 0.29) is 44.4 Å². The van der Waals surface area contributed by atoms with E-state index in [4.69, 9.17) is 25.7 Å². The van der Waals surface area contributed by atoms with Gasteiger partial charge in [0.1, 0.15) is 18.1 Å². The number of carbonyl (C=O) groups excluding carboxylic acids is 7. The number of aliphatic hydroxyl groups excluding tert-OH is 1. The lowest BCUT2D eigenvalue weighted by atomic mass is 10.1. The molecular formula is C40H74N10O13S. The second-order valence-electron chi connectivity index (χ2n) is 14.6. The van der Waals surface area contributed by atoms with Crippen LogP contribution in [0.15, 0.2) is 4.99 Å². The minimum atomic E-state index is -1.70. The van der Waals surface area contributed by atoms with Gasteiger partial charge in [-0.25, -0.2) is 0 Å². The number of rotatable bonds is 41. The number of unbranched alkanes of at least 4 members (excludes halogenated alkanes) is 7. The number of hydrogen-bond acceptors (Lipinski definition) is 14. The van der Waals surface area contributed by atoms with Crippen molar-refractivity contribution in [2.75, 3.05) is 84.7 Å². The zero-order valence-corrected chi connectivity index (χ0v) is 38.2. The van der Waals surface area contributed by atoms with Crippen molar-refractivity contribution >= 4 is 65.9 Å². The third-order valence-corrected chi connectivity index (χ3v) is 9.29. The van der Waals surface area contributed by atoms with Gasteiger partial charge >= 0.3 is 5.97 Å². The number of aliphatic hydroxyl groups is 1. The first-order valence-corrected chi connectivity index (χ1v) is 22.5. The number of nitrogens with one attached hydrogen (secondary N) is 7. The number of carboxylic acid groups (broad SMARTS) is 1. The van der Waals surface area contributed by atoms with Crippen LogP contribution in [0.3, 0.4) is 0 Å². The van der Waals surface area contributed by atoms with Gasteiger partial charge in [-0.15, -0.1) is 0 Å². The predicted octanol–water partition coefficient (Wildman–Crippen LogP) is -2.28. The molecule has 13 N–H and O–H groups in total. The van der Waals surface area contributed by atoms with E-state index in [9.17, 15) is 48.6 Å². The van der Waals surface area contributed by atoms with Crippen molar-refractivity contribution in [3.05, 3.63) is 0 Å². The Balaban J connectivity index is 4.38. The number of guanidine groups is 1. The van der Waals surface area contributed by atoms with Crippen molar-refractivity contribution in [2.45, 2.75) is 115 Å². The molecule has 0 aliphatic rings. The van der Waals surface area contributed by atoms with Crippen molar-refractivity contribution < 1.29 is 62.8 Å². The Morgan fingerprint density at radius 2 is 1.09 bits per heavy atom. The lowest BCUT2D eigenvalue weighted by molar-refractivity contribution is -0.141. The van der Waals surface area contributed by atoms with Crippen LogP contribution in [0.5, 0.6) is 0 Å². The van der Waals surface area contributed by atoms with E-state index in [1.807, 2.05) is 0 Å². The average molecular weight is 935 g/mol. The van der Waals surface area contributed by atoms with Crippen LogP contribution in [0.1, 0.15) is 96.8 Å². The SMILES string of the molecule is CC(=O)NCC(=O)N[C@@H](CCCN=C(N)N)C(=O)NCC(=O)N[C@@H](CC(=O)O)C(=O)N[C@@H](CO)C(=O)NCCCOCCOCCOCCCNC(=O)CCCCCCCCCCS. The van der Waals surface area contributed by atoms with Crippen LogP contribution in [0.25, 0.3) is 0 Å². The number of thiol groups is 1. The molecule has 0 rings (SSSR count). The van der Waals surface area contributed by atoms with Gasteiger partial charge < -0.3 is 73.1 Å². The molecule has 64 heavy (non-hydrogen) atoms. The lowest BCUT2D eigenvalue weighted by Gasteiger charge is -2.22. The Labute approximate surface area is 381 Å². The third-order valence-electron chi connectivity index (χ3n) is 8.97. The molecule has 7 amide bonds. The Hall–Kier alpha value is -4.78. The number of ether oxygens (including phenoxy) is 3. The first kappa shape index (κ1) is 59.2. The monoisotopic (exact) mass is 935 g/mol. The summed E-state index contributed by atoms with van der Waals surface area (Å²) in [6, 6.07) is -4.36. The highest BCUT2D eigenvalue weighted by Gasteiger charge is 2.29. The number of aliphatic imine (C=N–C) groups is 1. The second-order valence-corrected chi connectivity index (χ2v) is 15.1. The van der Waals surface area contributed by atoms with E-state index >= 15 is 0 Å². The summed E-state index contributed by atoms with van der Waals surface area (Å²) in [5, 5.41) is 35.9. The molecule has 0 heterocycles. The molecule has 0 saturated carbocycles. The quantitative estimate of drug-likeness (QED) is 0.0133.